The van der Waals surface area contributed by atoms with Crippen molar-refractivity contribution in [2.24, 2.45) is 0 Å². The van der Waals surface area contributed by atoms with E-state index in [2.05, 4.69) is 11.1 Å². The number of hydrogen-bond donors (Lipinski definition) is 0. The third-order valence-electron chi connectivity index (χ3n) is 7.26. The zero-order valence-corrected chi connectivity index (χ0v) is 22.0. The van der Waals surface area contributed by atoms with Gasteiger partial charge in [-0.1, -0.05) is 83.9 Å². The Labute approximate surface area is 236 Å². The first-order valence-corrected chi connectivity index (χ1v) is 13.2. The standard InChI is InChI=1S/C31H16Cl2N4O3/c32-21-10-5-9-20(26(21)33)23-24-27(19-8-3-4-11-22(19)39-31(24)38)40-30-25(23)29-35-28(36-37(29)15-34-30)18-13-12-16-6-1-2-7-17(16)14-18/h1-15,23H. The summed E-state index contributed by atoms with van der Waals surface area (Å²) in [6, 6.07) is 26.7. The van der Waals surface area contributed by atoms with E-state index in [1.165, 1.54) is 0 Å². The van der Waals surface area contributed by atoms with Crippen molar-refractivity contribution in [3.8, 4) is 23.0 Å². The molecule has 0 N–H and O–H groups in total. The van der Waals surface area contributed by atoms with Gasteiger partial charge in [-0.05, 0) is 40.6 Å². The Morgan fingerprint density at radius 3 is 2.58 bits per heavy atom. The van der Waals surface area contributed by atoms with Gasteiger partial charge < -0.3 is 9.15 Å². The minimum Gasteiger partial charge on any atom is -0.437 e. The first-order chi connectivity index (χ1) is 19.6. The largest absolute Gasteiger partial charge is 0.437 e. The molecule has 9 heteroatoms. The van der Waals surface area contributed by atoms with Crippen molar-refractivity contribution in [2.75, 3.05) is 0 Å². The summed E-state index contributed by atoms with van der Waals surface area (Å²) in [6.45, 7) is 0. The summed E-state index contributed by atoms with van der Waals surface area (Å²) < 4.78 is 13.7. The first-order valence-electron chi connectivity index (χ1n) is 12.5. The van der Waals surface area contributed by atoms with Gasteiger partial charge in [-0.15, -0.1) is 5.10 Å². The molecular formula is C31H16Cl2N4O3. The Bertz CT molecular complexity index is 2220. The molecule has 0 bridgehead atoms. The van der Waals surface area contributed by atoms with E-state index in [1.807, 2.05) is 54.6 Å². The number of benzene rings is 4. The highest BCUT2D eigenvalue weighted by Crippen LogP contribution is 2.50. The summed E-state index contributed by atoms with van der Waals surface area (Å²) in [5.41, 5.74) is 2.63. The van der Waals surface area contributed by atoms with Crippen molar-refractivity contribution in [3.05, 3.63) is 128 Å². The molecule has 40 heavy (non-hydrogen) atoms. The Hall–Kier alpha value is -4.72. The lowest BCUT2D eigenvalue weighted by Crippen LogP contribution is -2.22. The molecule has 7 nitrogen and oxygen atoms in total. The Kier molecular flexibility index (Phi) is 5.01. The van der Waals surface area contributed by atoms with E-state index in [-0.39, 0.29) is 0 Å². The molecule has 0 saturated carbocycles. The van der Waals surface area contributed by atoms with Gasteiger partial charge in [-0.2, -0.15) is 0 Å². The van der Waals surface area contributed by atoms with Gasteiger partial charge in [-0.3, -0.25) is 0 Å². The van der Waals surface area contributed by atoms with E-state index in [4.69, 9.17) is 42.4 Å². The lowest BCUT2D eigenvalue weighted by Gasteiger charge is -2.28. The van der Waals surface area contributed by atoms with Crippen LogP contribution in [-0.2, 0) is 0 Å². The fourth-order valence-electron chi connectivity index (χ4n) is 5.43. The highest BCUT2D eigenvalue weighted by Gasteiger charge is 2.38. The van der Waals surface area contributed by atoms with E-state index in [1.54, 1.807) is 35.1 Å². The normalized spacial score (nSPS) is 14.3. The summed E-state index contributed by atoms with van der Waals surface area (Å²) >= 11 is 13.2. The average molecular weight is 563 g/mol. The van der Waals surface area contributed by atoms with Crippen molar-refractivity contribution in [1.29, 1.82) is 0 Å². The Balaban J connectivity index is 1.42. The molecule has 192 valence electrons. The van der Waals surface area contributed by atoms with E-state index in [0.717, 1.165) is 16.3 Å². The smallest absolute Gasteiger partial charge is 0.344 e. The lowest BCUT2D eigenvalue weighted by molar-refractivity contribution is 0.422. The van der Waals surface area contributed by atoms with Crippen LogP contribution in [0.25, 0.3) is 38.8 Å². The maximum atomic E-state index is 13.6. The molecule has 0 aliphatic carbocycles. The molecule has 1 unspecified atom stereocenters. The molecular weight excluding hydrogens is 547 g/mol. The Morgan fingerprint density at radius 2 is 1.68 bits per heavy atom. The maximum absolute atomic E-state index is 13.6. The third kappa shape index (κ3) is 3.38. The second kappa shape index (κ2) is 8.64. The van der Waals surface area contributed by atoms with E-state index < -0.39 is 11.5 Å². The van der Waals surface area contributed by atoms with Crippen molar-refractivity contribution >= 4 is 50.6 Å². The first kappa shape index (κ1) is 23.2. The van der Waals surface area contributed by atoms with Gasteiger partial charge >= 0.3 is 5.63 Å². The van der Waals surface area contributed by atoms with Crippen LogP contribution < -0.4 is 10.4 Å². The predicted octanol–water partition coefficient (Wildman–Crippen LogP) is 7.64. The fourth-order valence-corrected chi connectivity index (χ4v) is 5.85. The Morgan fingerprint density at radius 1 is 0.850 bits per heavy atom. The average Bonchev–Trinajstić information content (AvgIpc) is 3.42. The third-order valence-corrected chi connectivity index (χ3v) is 8.10. The number of hydrogen-bond acceptors (Lipinski definition) is 6. The molecule has 0 radical (unpaired) electrons. The van der Waals surface area contributed by atoms with Crippen LogP contribution in [0.5, 0.6) is 11.6 Å². The van der Waals surface area contributed by atoms with Crippen LogP contribution in [0.15, 0.2) is 100 Å². The summed E-state index contributed by atoms with van der Waals surface area (Å²) in [6.07, 6.45) is 1.56. The molecule has 8 rings (SSSR count). The van der Waals surface area contributed by atoms with Crippen LogP contribution in [0.1, 0.15) is 22.6 Å². The van der Waals surface area contributed by atoms with Gasteiger partial charge in [0.05, 0.1) is 32.5 Å². The lowest BCUT2D eigenvalue weighted by atomic mass is 9.84. The van der Waals surface area contributed by atoms with E-state index in [9.17, 15) is 4.79 Å². The molecule has 0 amide bonds. The molecule has 7 aromatic rings. The van der Waals surface area contributed by atoms with Gasteiger partial charge in [0.2, 0.25) is 5.88 Å². The van der Waals surface area contributed by atoms with Crippen molar-refractivity contribution in [2.45, 2.75) is 5.92 Å². The van der Waals surface area contributed by atoms with Crippen molar-refractivity contribution < 1.29 is 9.15 Å². The van der Waals surface area contributed by atoms with Crippen LogP contribution in [0.3, 0.4) is 0 Å². The number of halogens is 2. The molecule has 4 aromatic carbocycles. The number of fused-ring (bicyclic) bond motifs is 7. The van der Waals surface area contributed by atoms with Gasteiger partial charge in [0.25, 0.3) is 0 Å². The minimum atomic E-state index is -0.726. The summed E-state index contributed by atoms with van der Waals surface area (Å²) in [7, 11) is 0. The molecule has 0 fully saturated rings. The van der Waals surface area contributed by atoms with Gasteiger partial charge in [-0.25, -0.2) is 19.3 Å². The number of para-hydroxylation sites is 1. The van der Waals surface area contributed by atoms with Gasteiger partial charge in [0, 0.05) is 5.56 Å². The van der Waals surface area contributed by atoms with Crippen molar-refractivity contribution in [3.63, 3.8) is 0 Å². The molecule has 0 spiro atoms. The van der Waals surface area contributed by atoms with E-state index >= 15 is 0 Å². The minimum absolute atomic E-state index is 0.292. The number of rotatable bonds is 2. The second-order valence-corrected chi connectivity index (χ2v) is 10.3. The van der Waals surface area contributed by atoms with Crippen molar-refractivity contribution in [1.82, 2.24) is 19.6 Å². The van der Waals surface area contributed by atoms with E-state index in [0.29, 0.717) is 60.8 Å². The highest BCUT2D eigenvalue weighted by atomic mass is 35.5. The number of aromatic nitrogens is 4. The second-order valence-electron chi connectivity index (χ2n) is 9.54. The van der Waals surface area contributed by atoms with Crippen LogP contribution in [0.4, 0.5) is 0 Å². The molecule has 3 aromatic heterocycles. The van der Waals surface area contributed by atoms with Crippen LogP contribution >= 0.6 is 23.2 Å². The van der Waals surface area contributed by atoms with Crippen LogP contribution in [-0.4, -0.2) is 19.6 Å². The molecule has 1 atom stereocenters. The van der Waals surface area contributed by atoms with Crippen LogP contribution in [0.2, 0.25) is 10.0 Å². The van der Waals surface area contributed by atoms with Gasteiger partial charge in [0.15, 0.2) is 17.2 Å². The topological polar surface area (TPSA) is 82.5 Å². The quantitative estimate of drug-likeness (QED) is 0.201. The number of nitrogens with zero attached hydrogens (tertiary/aromatic N) is 4. The predicted molar refractivity (Wildman–Crippen MR) is 154 cm³/mol. The zero-order chi connectivity index (χ0) is 27.0. The molecule has 1 aliphatic rings. The fraction of sp³-hybridized carbons (Fsp3) is 0.0323. The zero-order valence-electron chi connectivity index (χ0n) is 20.5. The number of ether oxygens (including phenoxy) is 1. The molecule has 4 heterocycles. The van der Waals surface area contributed by atoms with Crippen LogP contribution in [0, 0.1) is 0 Å². The summed E-state index contributed by atoms with van der Waals surface area (Å²) in [5.74, 6) is 0.449. The maximum Gasteiger partial charge on any atom is 0.344 e. The highest BCUT2D eigenvalue weighted by molar-refractivity contribution is 6.42. The SMILES string of the molecule is O=c1oc2ccccc2c2c1C(c1cccc(Cl)c1Cl)c1c(ncn3nc(-c4ccc5ccccc5c4)nc13)O2. The molecule has 1 aliphatic heterocycles. The van der Waals surface area contributed by atoms with Gasteiger partial charge in [0.1, 0.15) is 11.9 Å². The molecule has 0 saturated heterocycles. The monoisotopic (exact) mass is 562 g/mol. The summed E-state index contributed by atoms with van der Waals surface area (Å²) in [4.78, 5) is 23.1. The summed E-state index contributed by atoms with van der Waals surface area (Å²) in [5, 5.41) is 8.23.